The van der Waals surface area contributed by atoms with Crippen LogP contribution in [-0.2, 0) is 6.54 Å². The van der Waals surface area contributed by atoms with Crippen molar-refractivity contribution in [3.05, 3.63) is 54.5 Å². The maximum absolute atomic E-state index is 4.34. The Morgan fingerprint density at radius 3 is 2.95 bits per heavy atom. The first kappa shape index (κ1) is 12.7. The first-order valence-corrected chi connectivity index (χ1v) is 6.84. The third-order valence-corrected chi connectivity index (χ3v) is 3.28. The minimum Gasteiger partial charge on any atom is -0.381 e. The number of hydrogen-bond acceptors (Lipinski definition) is 3. The van der Waals surface area contributed by atoms with E-state index in [0.717, 1.165) is 23.1 Å². The fourth-order valence-corrected chi connectivity index (χ4v) is 2.14. The minimum absolute atomic E-state index is 0.399. The lowest BCUT2D eigenvalue weighted by molar-refractivity contribution is 0.532. The number of rotatable bonds is 4. The number of pyridine rings is 1. The Morgan fingerprint density at radius 2 is 2.15 bits per heavy atom. The van der Waals surface area contributed by atoms with Gasteiger partial charge < -0.3 is 5.32 Å². The predicted octanol–water partition coefficient (Wildman–Crippen LogP) is 3.62. The average Bonchev–Trinajstić information content (AvgIpc) is 2.94. The number of fused-ring (bicyclic) bond motifs is 1. The molecule has 2 heterocycles. The van der Waals surface area contributed by atoms with E-state index >= 15 is 0 Å². The van der Waals surface area contributed by atoms with Crippen molar-refractivity contribution < 1.29 is 0 Å². The smallest absolute Gasteiger partial charge is 0.0703 e. The number of hydrogen-bond donors (Lipinski definition) is 1. The standard InChI is InChI=1S/C16H18N4/c1-12(2)20-11-13(10-19-20)9-18-15-5-6-16-14(8-15)4-3-7-17-16/h3-8,10-12,18H,9H2,1-2H3. The van der Waals surface area contributed by atoms with Crippen LogP contribution in [0.4, 0.5) is 5.69 Å². The quantitative estimate of drug-likeness (QED) is 0.784. The normalized spacial score (nSPS) is 11.2. The third kappa shape index (κ3) is 2.64. The number of benzene rings is 1. The SMILES string of the molecule is CC(C)n1cc(CNc2ccc3ncccc3c2)cn1. The fourth-order valence-electron chi connectivity index (χ4n) is 2.14. The van der Waals surface area contributed by atoms with Gasteiger partial charge in [-0.3, -0.25) is 9.67 Å². The van der Waals surface area contributed by atoms with E-state index in [1.54, 1.807) is 0 Å². The number of anilines is 1. The van der Waals surface area contributed by atoms with Crippen LogP contribution < -0.4 is 5.32 Å². The highest BCUT2D eigenvalue weighted by Gasteiger charge is 2.02. The van der Waals surface area contributed by atoms with Gasteiger partial charge in [0.1, 0.15) is 0 Å². The van der Waals surface area contributed by atoms with Crippen LogP contribution in [-0.4, -0.2) is 14.8 Å². The molecular formula is C16H18N4. The third-order valence-electron chi connectivity index (χ3n) is 3.28. The molecular weight excluding hydrogens is 248 g/mol. The van der Waals surface area contributed by atoms with Crippen molar-refractivity contribution in [2.75, 3.05) is 5.32 Å². The Balaban J connectivity index is 1.72. The van der Waals surface area contributed by atoms with Gasteiger partial charge in [0.2, 0.25) is 0 Å². The lowest BCUT2D eigenvalue weighted by Crippen LogP contribution is -2.01. The highest BCUT2D eigenvalue weighted by atomic mass is 15.3. The second-order valence-electron chi connectivity index (χ2n) is 5.19. The number of aromatic nitrogens is 3. The van der Waals surface area contributed by atoms with Crippen LogP contribution in [0.5, 0.6) is 0 Å². The van der Waals surface area contributed by atoms with E-state index in [1.165, 1.54) is 5.56 Å². The zero-order chi connectivity index (χ0) is 13.9. The first-order valence-electron chi connectivity index (χ1n) is 6.84. The van der Waals surface area contributed by atoms with Crippen LogP contribution in [0.15, 0.2) is 48.9 Å². The predicted molar refractivity (Wildman–Crippen MR) is 81.7 cm³/mol. The van der Waals surface area contributed by atoms with Crippen molar-refractivity contribution in [2.45, 2.75) is 26.4 Å². The molecule has 3 rings (SSSR count). The summed E-state index contributed by atoms with van der Waals surface area (Å²) >= 11 is 0. The maximum atomic E-state index is 4.34. The molecule has 0 unspecified atom stereocenters. The van der Waals surface area contributed by atoms with Crippen LogP contribution in [0.25, 0.3) is 10.9 Å². The molecule has 0 aliphatic heterocycles. The molecule has 0 saturated carbocycles. The highest BCUT2D eigenvalue weighted by molar-refractivity contribution is 5.82. The van der Waals surface area contributed by atoms with Gasteiger partial charge in [-0.1, -0.05) is 6.07 Å². The Bertz CT molecular complexity index is 715. The summed E-state index contributed by atoms with van der Waals surface area (Å²) in [5.41, 5.74) is 3.30. The minimum atomic E-state index is 0.399. The zero-order valence-electron chi connectivity index (χ0n) is 11.7. The molecule has 0 aliphatic rings. The van der Waals surface area contributed by atoms with Crippen LogP contribution in [0.1, 0.15) is 25.5 Å². The topological polar surface area (TPSA) is 42.7 Å². The lowest BCUT2D eigenvalue weighted by Gasteiger charge is -2.06. The molecule has 0 amide bonds. The molecule has 0 saturated heterocycles. The van der Waals surface area contributed by atoms with Crippen LogP contribution >= 0.6 is 0 Å². The molecule has 0 fully saturated rings. The first-order chi connectivity index (χ1) is 9.72. The molecule has 4 heteroatoms. The molecule has 20 heavy (non-hydrogen) atoms. The van der Waals surface area contributed by atoms with Crippen molar-refractivity contribution >= 4 is 16.6 Å². The van der Waals surface area contributed by atoms with Gasteiger partial charge in [-0.05, 0) is 38.1 Å². The van der Waals surface area contributed by atoms with Crippen molar-refractivity contribution in [3.8, 4) is 0 Å². The summed E-state index contributed by atoms with van der Waals surface area (Å²) < 4.78 is 1.97. The Kier molecular flexibility index (Phi) is 3.37. The molecule has 1 N–H and O–H groups in total. The zero-order valence-corrected chi connectivity index (χ0v) is 11.7. The van der Waals surface area contributed by atoms with Gasteiger partial charge in [-0.25, -0.2) is 0 Å². The Morgan fingerprint density at radius 1 is 1.25 bits per heavy atom. The van der Waals surface area contributed by atoms with Crippen molar-refractivity contribution in [2.24, 2.45) is 0 Å². The van der Waals surface area contributed by atoms with E-state index in [9.17, 15) is 0 Å². The number of nitrogens with zero attached hydrogens (tertiary/aromatic N) is 3. The summed E-state index contributed by atoms with van der Waals surface area (Å²) in [6.45, 7) is 5.03. The van der Waals surface area contributed by atoms with Crippen LogP contribution in [0.2, 0.25) is 0 Å². The van der Waals surface area contributed by atoms with Gasteiger partial charge in [0.05, 0.1) is 11.7 Å². The summed E-state index contributed by atoms with van der Waals surface area (Å²) in [6.07, 6.45) is 5.81. The summed E-state index contributed by atoms with van der Waals surface area (Å²) in [4.78, 5) is 4.32. The van der Waals surface area contributed by atoms with Crippen LogP contribution in [0.3, 0.4) is 0 Å². The molecule has 0 bridgehead atoms. The molecule has 102 valence electrons. The van der Waals surface area contributed by atoms with E-state index in [1.807, 2.05) is 29.2 Å². The second kappa shape index (κ2) is 5.33. The van der Waals surface area contributed by atoms with E-state index in [2.05, 4.69) is 53.6 Å². The van der Waals surface area contributed by atoms with Gasteiger partial charge in [-0.15, -0.1) is 0 Å². The lowest BCUT2D eigenvalue weighted by atomic mass is 10.2. The monoisotopic (exact) mass is 266 g/mol. The Labute approximate surface area is 118 Å². The fraction of sp³-hybridized carbons (Fsp3) is 0.250. The summed E-state index contributed by atoms with van der Waals surface area (Å²) in [6, 6.07) is 10.6. The highest BCUT2D eigenvalue weighted by Crippen LogP contribution is 2.17. The summed E-state index contributed by atoms with van der Waals surface area (Å²) in [5.74, 6) is 0. The van der Waals surface area contributed by atoms with Crippen molar-refractivity contribution in [3.63, 3.8) is 0 Å². The second-order valence-corrected chi connectivity index (χ2v) is 5.19. The molecule has 0 spiro atoms. The maximum Gasteiger partial charge on any atom is 0.0703 e. The summed E-state index contributed by atoms with van der Waals surface area (Å²) in [7, 11) is 0. The van der Waals surface area contributed by atoms with E-state index in [4.69, 9.17) is 0 Å². The molecule has 4 nitrogen and oxygen atoms in total. The average molecular weight is 266 g/mol. The molecule has 0 atom stereocenters. The molecule has 3 aromatic rings. The van der Waals surface area contributed by atoms with E-state index in [0.29, 0.717) is 6.04 Å². The van der Waals surface area contributed by atoms with Gasteiger partial charge in [0.15, 0.2) is 0 Å². The van der Waals surface area contributed by atoms with E-state index in [-0.39, 0.29) is 0 Å². The van der Waals surface area contributed by atoms with E-state index < -0.39 is 0 Å². The van der Waals surface area contributed by atoms with Gasteiger partial charge in [0, 0.05) is 41.6 Å². The van der Waals surface area contributed by atoms with Crippen LogP contribution in [0, 0.1) is 0 Å². The number of nitrogens with one attached hydrogen (secondary N) is 1. The van der Waals surface area contributed by atoms with Crippen molar-refractivity contribution in [1.29, 1.82) is 0 Å². The largest absolute Gasteiger partial charge is 0.381 e. The van der Waals surface area contributed by atoms with Crippen molar-refractivity contribution in [1.82, 2.24) is 14.8 Å². The molecule has 0 radical (unpaired) electrons. The summed E-state index contributed by atoms with van der Waals surface area (Å²) in [5, 5.41) is 8.92. The Hall–Kier alpha value is -2.36. The molecule has 2 aromatic heterocycles. The van der Waals surface area contributed by atoms with Gasteiger partial charge in [0.25, 0.3) is 0 Å². The molecule has 1 aromatic carbocycles. The van der Waals surface area contributed by atoms with Gasteiger partial charge in [-0.2, -0.15) is 5.10 Å². The van der Waals surface area contributed by atoms with Gasteiger partial charge >= 0.3 is 0 Å². The molecule has 0 aliphatic carbocycles.